The van der Waals surface area contributed by atoms with Gasteiger partial charge in [0.15, 0.2) is 0 Å². The Morgan fingerprint density at radius 2 is 1.91 bits per heavy atom. The Bertz CT molecular complexity index is 466. The Labute approximate surface area is 152 Å². The molecule has 1 aromatic rings. The SMILES string of the molecule is C=CCC[C@H](c1ccc(OC)cc1OC)N1CCNCC1.Cl.Cl. The van der Waals surface area contributed by atoms with Crippen molar-refractivity contribution in [1.29, 1.82) is 0 Å². The molecule has 4 nitrogen and oxygen atoms in total. The molecule has 1 heterocycles. The van der Waals surface area contributed by atoms with E-state index in [1.165, 1.54) is 5.56 Å². The van der Waals surface area contributed by atoms with Crippen LogP contribution >= 0.6 is 24.8 Å². The summed E-state index contributed by atoms with van der Waals surface area (Å²) >= 11 is 0. The summed E-state index contributed by atoms with van der Waals surface area (Å²) in [5, 5.41) is 3.41. The van der Waals surface area contributed by atoms with Crippen molar-refractivity contribution in [2.24, 2.45) is 0 Å². The fourth-order valence-electron chi connectivity index (χ4n) is 2.90. The van der Waals surface area contributed by atoms with Crippen LogP contribution in [0.2, 0.25) is 0 Å². The van der Waals surface area contributed by atoms with Gasteiger partial charge in [-0.05, 0) is 18.9 Å². The molecule has 0 amide bonds. The van der Waals surface area contributed by atoms with E-state index < -0.39 is 0 Å². The molecule has 0 bridgehead atoms. The molecule has 1 aromatic carbocycles. The highest BCUT2D eigenvalue weighted by Crippen LogP contribution is 2.35. The molecule has 0 aromatic heterocycles. The van der Waals surface area contributed by atoms with E-state index in [4.69, 9.17) is 9.47 Å². The number of benzene rings is 1. The van der Waals surface area contributed by atoms with Crippen LogP contribution in [-0.4, -0.2) is 45.3 Å². The zero-order chi connectivity index (χ0) is 15.1. The van der Waals surface area contributed by atoms with E-state index in [1.807, 2.05) is 18.2 Å². The molecule has 1 N–H and O–H groups in total. The minimum atomic E-state index is 0. The molecule has 1 atom stereocenters. The van der Waals surface area contributed by atoms with Gasteiger partial charge in [-0.25, -0.2) is 0 Å². The van der Waals surface area contributed by atoms with Gasteiger partial charge in [0, 0.05) is 43.9 Å². The first-order valence-electron chi connectivity index (χ1n) is 7.57. The molecule has 1 aliphatic heterocycles. The Hall–Kier alpha value is -0.940. The molecule has 0 saturated carbocycles. The van der Waals surface area contributed by atoms with E-state index in [0.29, 0.717) is 6.04 Å². The smallest absolute Gasteiger partial charge is 0.127 e. The third-order valence-electron chi connectivity index (χ3n) is 4.04. The highest BCUT2D eigenvalue weighted by atomic mass is 35.5. The third kappa shape index (κ3) is 5.88. The summed E-state index contributed by atoms with van der Waals surface area (Å²) in [7, 11) is 3.40. The summed E-state index contributed by atoms with van der Waals surface area (Å²) in [6.07, 6.45) is 4.06. The number of halogens is 2. The number of nitrogens with zero attached hydrogens (tertiary/aromatic N) is 1. The summed E-state index contributed by atoms with van der Waals surface area (Å²) in [6.45, 7) is 8.08. The molecule has 0 radical (unpaired) electrons. The van der Waals surface area contributed by atoms with Crippen LogP contribution in [0.3, 0.4) is 0 Å². The highest BCUT2D eigenvalue weighted by Gasteiger charge is 2.24. The average molecular weight is 363 g/mol. The summed E-state index contributed by atoms with van der Waals surface area (Å²) in [6, 6.07) is 6.48. The first-order valence-corrected chi connectivity index (χ1v) is 7.57. The maximum atomic E-state index is 5.59. The van der Waals surface area contributed by atoms with Gasteiger partial charge in [0.05, 0.1) is 14.2 Å². The second-order valence-electron chi connectivity index (χ2n) is 5.28. The molecule has 0 aliphatic carbocycles. The summed E-state index contributed by atoms with van der Waals surface area (Å²) in [5.41, 5.74) is 1.24. The van der Waals surface area contributed by atoms with E-state index in [0.717, 1.165) is 50.5 Å². The Morgan fingerprint density at radius 3 is 2.48 bits per heavy atom. The van der Waals surface area contributed by atoms with Gasteiger partial charge >= 0.3 is 0 Å². The minimum Gasteiger partial charge on any atom is -0.497 e. The summed E-state index contributed by atoms with van der Waals surface area (Å²) < 4.78 is 10.9. The van der Waals surface area contributed by atoms with Crippen LogP contribution in [-0.2, 0) is 0 Å². The number of methoxy groups -OCH3 is 2. The molecule has 0 unspecified atom stereocenters. The van der Waals surface area contributed by atoms with Crippen LogP contribution in [0.4, 0.5) is 0 Å². The summed E-state index contributed by atoms with van der Waals surface area (Å²) in [5.74, 6) is 1.74. The molecule has 6 heteroatoms. The molecule has 0 spiro atoms. The number of hydrogen-bond donors (Lipinski definition) is 1. The van der Waals surface area contributed by atoms with E-state index in [9.17, 15) is 0 Å². The van der Waals surface area contributed by atoms with Gasteiger partial charge in [0.1, 0.15) is 11.5 Å². The van der Waals surface area contributed by atoms with Crippen molar-refractivity contribution in [1.82, 2.24) is 10.2 Å². The van der Waals surface area contributed by atoms with Gasteiger partial charge in [0.2, 0.25) is 0 Å². The van der Waals surface area contributed by atoms with Crippen LogP contribution in [0.25, 0.3) is 0 Å². The van der Waals surface area contributed by atoms with E-state index in [1.54, 1.807) is 14.2 Å². The molecule has 1 saturated heterocycles. The van der Waals surface area contributed by atoms with Gasteiger partial charge < -0.3 is 14.8 Å². The minimum absolute atomic E-state index is 0. The molecular formula is C17H28Cl2N2O2. The monoisotopic (exact) mass is 362 g/mol. The van der Waals surface area contributed by atoms with E-state index >= 15 is 0 Å². The molecule has 1 fully saturated rings. The zero-order valence-corrected chi connectivity index (χ0v) is 15.5. The normalized spacial score (nSPS) is 15.7. The maximum absolute atomic E-state index is 5.59. The fraction of sp³-hybridized carbons (Fsp3) is 0.529. The van der Waals surface area contributed by atoms with Crippen molar-refractivity contribution >= 4 is 24.8 Å². The lowest BCUT2D eigenvalue weighted by Gasteiger charge is -2.35. The second-order valence-corrected chi connectivity index (χ2v) is 5.28. The van der Waals surface area contributed by atoms with Crippen LogP contribution in [0.15, 0.2) is 30.9 Å². The third-order valence-corrected chi connectivity index (χ3v) is 4.04. The molecular weight excluding hydrogens is 335 g/mol. The quantitative estimate of drug-likeness (QED) is 0.753. The van der Waals surface area contributed by atoms with Crippen molar-refractivity contribution in [2.45, 2.75) is 18.9 Å². The average Bonchev–Trinajstić information content (AvgIpc) is 2.56. The first kappa shape index (κ1) is 22.1. The predicted molar refractivity (Wildman–Crippen MR) is 101 cm³/mol. The second kappa shape index (κ2) is 11.6. The van der Waals surface area contributed by atoms with Crippen molar-refractivity contribution in [3.05, 3.63) is 36.4 Å². The number of allylic oxidation sites excluding steroid dienone is 1. The maximum Gasteiger partial charge on any atom is 0.127 e. The van der Waals surface area contributed by atoms with E-state index in [-0.39, 0.29) is 24.8 Å². The zero-order valence-electron chi connectivity index (χ0n) is 13.9. The lowest BCUT2D eigenvalue weighted by Crippen LogP contribution is -2.45. The Kier molecular flexibility index (Phi) is 11.1. The van der Waals surface area contributed by atoms with Crippen LogP contribution < -0.4 is 14.8 Å². The van der Waals surface area contributed by atoms with Crippen molar-refractivity contribution in [2.75, 3.05) is 40.4 Å². The van der Waals surface area contributed by atoms with Gasteiger partial charge in [-0.15, -0.1) is 31.4 Å². The van der Waals surface area contributed by atoms with Gasteiger partial charge in [-0.1, -0.05) is 12.1 Å². The lowest BCUT2D eigenvalue weighted by atomic mass is 9.98. The fourth-order valence-corrected chi connectivity index (χ4v) is 2.90. The number of ether oxygens (including phenoxy) is 2. The Balaban J connectivity index is 0.00000242. The van der Waals surface area contributed by atoms with Crippen molar-refractivity contribution in [3.63, 3.8) is 0 Å². The van der Waals surface area contributed by atoms with Gasteiger partial charge in [-0.2, -0.15) is 0 Å². The lowest BCUT2D eigenvalue weighted by molar-refractivity contribution is 0.163. The van der Waals surface area contributed by atoms with Crippen LogP contribution in [0, 0.1) is 0 Å². The van der Waals surface area contributed by atoms with E-state index in [2.05, 4.69) is 22.9 Å². The highest BCUT2D eigenvalue weighted by molar-refractivity contribution is 5.85. The summed E-state index contributed by atoms with van der Waals surface area (Å²) in [4.78, 5) is 2.53. The predicted octanol–water partition coefficient (Wildman–Crippen LogP) is 3.46. The number of piperazine rings is 1. The number of rotatable bonds is 7. The van der Waals surface area contributed by atoms with Crippen LogP contribution in [0.1, 0.15) is 24.4 Å². The Morgan fingerprint density at radius 1 is 1.22 bits per heavy atom. The number of nitrogens with one attached hydrogen (secondary N) is 1. The molecule has 23 heavy (non-hydrogen) atoms. The standard InChI is InChI=1S/C17H26N2O2.2ClH/c1-4-5-6-16(19-11-9-18-10-12-19)15-8-7-14(20-2)13-17(15)21-3;;/h4,7-8,13,16,18H,1,5-6,9-12H2,2-3H3;2*1H/t16-;;/m1../s1. The van der Waals surface area contributed by atoms with Gasteiger partial charge in [-0.3, -0.25) is 4.90 Å². The number of hydrogen-bond acceptors (Lipinski definition) is 4. The first-order chi connectivity index (χ1) is 10.3. The molecule has 1 aliphatic rings. The van der Waals surface area contributed by atoms with Crippen molar-refractivity contribution < 1.29 is 9.47 Å². The van der Waals surface area contributed by atoms with Gasteiger partial charge in [0.25, 0.3) is 0 Å². The largest absolute Gasteiger partial charge is 0.497 e. The molecule has 2 rings (SSSR count). The van der Waals surface area contributed by atoms with Crippen molar-refractivity contribution in [3.8, 4) is 11.5 Å². The van der Waals surface area contributed by atoms with Crippen LogP contribution in [0.5, 0.6) is 11.5 Å². The topological polar surface area (TPSA) is 33.7 Å². The molecule has 132 valence electrons.